The van der Waals surface area contributed by atoms with Gasteiger partial charge >= 0.3 is 0 Å². The molecule has 3 heteroatoms. The smallest absolute Gasteiger partial charge is 0.0854 e. The number of hydrogen-bond acceptors (Lipinski definition) is 2. The molecule has 0 amide bonds. The molecule has 1 aliphatic rings. The highest BCUT2D eigenvalue weighted by molar-refractivity contribution is 6.79. The molecular weight excluding hydrogens is 156 g/mol. The highest BCUT2D eigenvalue weighted by Gasteiger charge is 2.49. The molecule has 0 radical (unpaired) electrons. The highest BCUT2D eigenvalue weighted by Crippen LogP contribution is 2.37. The first-order valence-corrected chi connectivity index (χ1v) is 7.78. The third-order valence-electron chi connectivity index (χ3n) is 2.89. The third kappa shape index (κ3) is 1.37. The maximum absolute atomic E-state index is 10.1. The molecule has 2 nitrogen and oxygen atoms in total. The van der Waals surface area contributed by atoms with Crippen LogP contribution in [0.15, 0.2) is 0 Å². The molecule has 0 aromatic carbocycles. The molecule has 0 aromatic rings. The average molecular weight is 174 g/mol. The summed E-state index contributed by atoms with van der Waals surface area (Å²) in [5, 5.41) is 19.0. The Morgan fingerprint density at radius 3 is 2.09 bits per heavy atom. The predicted molar refractivity (Wildman–Crippen MR) is 48.2 cm³/mol. The molecule has 11 heavy (non-hydrogen) atoms. The van der Waals surface area contributed by atoms with Crippen molar-refractivity contribution in [1.29, 1.82) is 0 Å². The van der Waals surface area contributed by atoms with Crippen molar-refractivity contribution in [1.82, 2.24) is 0 Å². The number of aliphatic hydroxyl groups excluding tert-OH is 1. The van der Waals surface area contributed by atoms with E-state index in [9.17, 15) is 10.2 Å². The molecule has 66 valence electrons. The fourth-order valence-corrected chi connectivity index (χ4v) is 3.92. The maximum Gasteiger partial charge on any atom is 0.0854 e. The first kappa shape index (κ1) is 9.23. The Balaban J connectivity index is 2.81. The van der Waals surface area contributed by atoms with E-state index in [0.29, 0.717) is 0 Å². The second-order valence-electron chi connectivity index (χ2n) is 4.58. The average Bonchev–Trinajstić information content (AvgIpc) is 2.12. The molecule has 0 unspecified atom stereocenters. The van der Waals surface area contributed by atoms with E-state index in [1.54, 1.807) is 0 Å². The van der Waals surface area contributed by atoms with Crippen LogP contribution < -0.4 is 0 Å². The summed E-state index contributed by atoms with van der Waals surface area (Å²) in [4.78, 5) is 0. The monoisotopic (exact) mass is 174 g/mol. The van der Waals surface area contributed by atoms with E-state index in [4.69, 9.17) is 0 Å². The summed E-state index contributed by atoms with van der Waals surface area (Å²) in [6.45, 7) is 6.34. The summed E-state index contributed by atoms with van der Waals surface area (Å²) in [7, 11) is -1.61. The zero-order chi connectivity index (χ0) is 8.70. The van der Waals surface area contributed by atoms with Crippen LogP contribution in [-0.4, -0.2) is 29.6 Å². The molecule has 0 bridgehead atoms. The van der Waals surface area contributed by atoms with Crippen molar-refractivity contribution in [3.63, 3.8) is 0 Å². The van der Waals surface area contributed by atoms with Crippen LogP contribution in [0.1, 0.15) is 19.3 Å². The molecule has 0 saturated heterocycles. The van der Waals surface area contributed by atoms with E-state index in [0.717, 1.165) is 19.3 Å². The van der Waals surface area contributed by atoms with Crippen molar-refractivity contribution >= 4 is 8.07 Å². The molecule has 0 heterocycles. The van der Waals surface area contributed by atoms with Gasteiger partial charge in [-0.25, -0.2) is 0 Å². The van der Waals surface area contributed by atoms with Crippen LogP contribution >= 0.6 is 0 Å². The lowest BCUT2D eigenvalue weighted by molar-refractivity contribution is 0.00198. The number of aliphatic hydroxyl groups is 2. The van der Waals surface area contributed by atoms with E-state index in [1.807, 2.05) is 0 Å². The lowest BCUT2D eigenvalue weighted by Crippen LogP contribution is -2.57. The van der Waals surface area contributed by atoms with Crippen LogP contribution in [0, 0.1) is 0 Å². The topological polar surface area (TPSA) is 40.5 Å². The molecule has 0 spiro atoms. The number of hydrogen-bond donors (Lipinski definition) is 2. The van der Waals surface area contributed by atoms with Crippen LogP contribution in [0.2, 0.25) is 19.6 Å². The SMILES string of the molecule is C[Si](C)(C)[C@]1(O)CCC[C@@H]1O. The van der Waals surface area contributed by atoms with Crippen molar-refractivity contribution in [2.24, 2.45) is 0 Å². The van der Waals surface area contributed by atoms with Crippen molar-refractivity contribution in [3.8, 4) is 0 Å². The van der Waals surface area contributed by atoms with Crippen LogP contribution in [0.3, 0.4) is 0 Å². The summed E-state index contributed by atoms with van der Waals surface area (Å²) < 4.78 is 0. The van der Waals surface area contributed by atoms with Crippen molar-refractivity contribution in [2.45, 2.75) is 50.2 Å². The van der Waals surface area contributed by atoms with Gasteiger partial charge in [-0.15, -0.1) is 0 Å². The lowest BCUT2D eigenvalue weighted by Gasteiger charge is -2.38. The van der Waals surface area contributed by atoms with E-state index >= 15 is 0 Å². The van der Waals surface area contributed by atoms with E-state index < -0.39 is 19.4 Å². The summed E-state index contributed by atoms with van der Waals surface area (Å²) in [6, 6.07) is 0. The molecular formula is C8H18O2Si. The molecule has 0 aromatic heterocycles. The fraction of sp³-hybridized carbons (Fsp3) is 1.00. The standard InChI is InChI=1S/C8H18O2Si/c1-11(2,3)8(10)6-4-5-7(8)9/h7,9-10H,4-6H2,1-3H3/t7-,8+/m0/s1. The van der Waals surface area contributed by atoms with Gasteiger partial charge < -0.3 is 10.2 Å². The van der Waals surface area contributed by atoms with E-state index in [-0.39, 0.29) is 0 Å². The van der Waals surface area contributed by atoms with Crippen LogP contribution in [0.5, 0.6) is 0 Å². The van der Waals surface area contributed by atoms with Gasteiger partial charge in [0.2, 0.25) is 0 Å². The summed E-state index contributed by atoms with van der Waals surface area (Å²) in [6.07, 6.45) is 2.08. The minimum atomic E-state index is -1.61. The lowest BCUT2D eigenvalue weighted by atomic mass is 10.2. The van der Waals surface area contributed by atoms with E-state index in [2.05, 4.69) is 19.6 Å². The van der Waals surface area contributed by atoms with Gasteiger partial charge in [0.15, 0.2) is 0 Å². The maximum atomic E-state index is 10.1. The third-order valence-corrected chi connectivity index (χ3v) is 6.07. The number of rotatable bonds is 1. The van der Waals surface area contributed by atoms with Crippen LogP contribution in [0.25, 0.3) is 0 Å². The van der Waals surface area contributed by atoms with Gasteiger partial charge in [-0.2, -0.15) is 0 Å². The molecule has 1 saturated carbocycles. The van der Waals surface area contributed by atoms with Gasteiger partial charge in [-0.3, -0.25) is 0 Å². The largest absolute Gasteiger partial charge is 0.391 e. The van der Waals surface area contributed by atoms with E-state index in [1.165, 1.54) is 0 Å². The Labute approximate surface area is 69.3 Å². The molecule has 1 rings (SSSR count). The van der Waals surface area contributed by atoms with Gasteiger partial charge in [0.05, 0.1) is 19.4 Å². The van der Waals surface area contributed by atoms with Crippen molar-refractivity contribution < 1.29 is 10.2 Å². The zero-order valence-corrected chi connectivity index (χ0v) is 8.59. The molecule has 0 aliphatic heterocycles. The Morgan fingerprint density at radius 2 is 1.91 bits per heavy atom. The summed E-state index contributed by atoms with van der Waals surface area (Å²) >= 11 is 0. The minimum Gasteiger partial charge on any atom is -0.391 e. The first-order chi connectivity index (χ1) is 4.88. The second kappa shape index (κ2) is 2.57. The molecule has 2 atom stereocenters. The zero-order valence-electron chi connectivity index (χ0n) is 7.59. The van der Waals surface area contributed by atoms with Gasteiger partial charge in [0.25, 0.3) is 0 Å². The van der Waals surface area contributed by atoms with Gasteiger partial charge in [0, 0.05) is 0 Å². The normalized spacial score (nSPS) is 39.5. The highest BCUT2D eigenvalue weighted by atomic mass is 28.3. The first-order valence-electron chi connectivity index (χ1n) is 4.28. The van der Waals surface area contributed by atoms with Crippen LogP contribution in [0.4, 0.5) is 0 Å². The molecule has 1 fully saturated rings. The summed E-state index contributed by atoms with van der Waals surface area (Å²) in [5.41, 5.74) is 0. The quantitative estimate of drug-likeness (QED) is 0.585. The molecule has 2 N–H and O–H groups in total. The Kier molecular flexibility index (Phi) is 2.16. The second-order valence-corrected chi connectivity index (χ2v) is 9.95. The van der Waals surface area contributed by atoms with Crippen molar-refractivity contribution in [2.75, 3.05) is 0 Å². The van der Waals surface area contributed by atoms with Crippen LogP contribution in [-0.2, 0) is 0 Å². The van der Waals surface area contributed by atoms with Gasteiger partial charge in [-0.05, 0) is 19.3 Å². The van der Waals surface area contributed by atoms with Crippen molar-refractivity contribution in [3.05, 3.63) is 0 Å². The van der Waals surface area contributed by atoms with Gasteiger partial charge in [0.1, 0.15) is 0 Å². The summed E-state index contributed by atoms with van der Waals surface area (Å²) in [5.74, 6) is 0. The fourth-order valence-electron chi connectivity index (χ4n) is 1.85. The Hall–Kier alpha value is 0.137. The molecule has 1 aliphatic carbocycles. The predicted octanol–water partition coefficient (Wildman–Crippen LogP) is 1.14. The Morgan fingerprint density at radius 1 is 1.36 bits per heavy atom. The minimum absolute atomic E-state index is 0.464. The van der Waals surface area contributed by atoms with Gasteiger partial charge in [-0.1, -0.05) is 19.6 Å². The Bertz CT molecular complexity index is 153.